The number of hydrogen-bond donors (Lipinski definition) is 0. The summed E-state index contributed by atoms with van der Waals surface area (Å²) in [6.07, 6.45) is 7.99. The van der Waals surface area contributed by atoms with Gasteiger partial charge in [0.1, 0.15) is 0 Å². The van der Waals surface area contributed by atoms with Crippen LogP contribution >= 0.6 is 0 Å². The van der Waals surface area contributed by atoms with Crippen molar-refractivity contribution in [1.82, 2.24) is 0 Å². The average Bonchev–Trinajstić information content (AvgIpc) is 3.34. The molecule has 2 nitrogen and oxygen atoms in total. The van der Waals surface area contributed by atoms with Crippen molar-refractivity contribution in [3.05, 3.63) is 260 Å². The summed E-state index contributed by atoms with van der Waals surface area (Å²) in [7, 11) is 0. The van der Waals surface area contributed by atoms with Gasteiger partial charge in [-0.2, -0.15) is 0 Å². The van der Waals surface area contributed by atoms with Crippen molar-refractivity contribution in [3.63, 3.8) is 0 Å². The Labute approximate surface area is 353 Å². The van der Waals surface area contributed by atoms with Crippen LogP contribution < -0.4 is 9.80 Å². The van der Waals surface area contributed by atoms with E-state index in [1.165, 1.54) is 55.4 Å². The Kier molecular flexibility index (Phi) is 10.2. The first-order valence-corrected chi connectivity index (χ1v) is 20.8. The van der Waals surface area contributed by atoms with Crippen LogP contribution in [0, 0.1) is 0 Å². The minimum atomic E-state index is 0.309. The lowest BCUT2D eigenvalue weighted by Gasteiger charge is -2.29. The fraction of sp³-hybridized carbons (Fsp3) is 0.0345. The highest BCUT2D eigenvalue weighted by molar-refractivity contribution is 5.99. The second kappa shape index (κ2) is 16.7. The van der Waals surface area contributed by atoms with Crippen molar-refractivity contribution in [2.45, 2.75) is 12.3 Å². The van der Waals surface area contributed by atoms with E-state index in [1.54, 1.807) is 0 Å². The smallest absolute Gasteiger partial charge is 0.0540 e. The lowest BCUT2D eigenvalue weighted by Crippen LogP contribution is -2.17. The second-order valence-corrected chi connectivity index (χ2v) is 15.3. The summed E-state index contributed by atoms with van der Waals surface area (Å²) in [6.45, 7) is 0. The molecule has 9 aromatic carbocycles. The van der Waals surface area contributed by atoms with Gasteiger partial charge in [0.2, 0.25) is 0 Å². The van der Waals surface area contributed by atoms with Crippen molar-refractivity contribution in [2.24, 2.45) is 0 Å². The maximum absolute atomic E-state index is 2.39. The molecular weight excluding hydrogens is 725 g/mol. The zero-order valence-corrected chi connectivity index (χ0v) is 33.4. The first-order chi connectivity index (χ1) is 29.7. The highest BCUT2D eigenvalue weighted by atomic mass is 15.1. The van der Waals surface area contributed by atoms with Crippen LogP contribution in [0.25, 0.3) is 44.2 Å². The Balaban J connectivity index is 0.952. The molecule has 0 amide bonds. The molecule has 2 heteroatoms. The molecule has 0 aliphatic heterocycles. The number of nitrogens with zero attached hydrogens (tertiary/aromatic N) is 2. The highest BCUT2D eigenvalue weighted by Gasteiger charge is 2.20. The van der Waals surface area contributed by atoms with Gasteiger partial charge in [-0.15, -0.1) is 0 Å². The van der Waals surface area contributed by atoms with Crippen LogP contribution in [0.1, 0.15) is 17.9 Å². The number of benzene rings is 9. The van der Waals surface area contributed by atoms with Crippen molar-refractivity contribution in [1.29, 1.82) is 0 Å². The van der Waals surface area contributed by atoms with Crippen LogP contribution in [0.15, 0.2) is 254 Å². The van der Waals surface area contributed by atoms with Crippen LogP contribution in [-0.2, 0) is 0 Å². The number of allylic oxidation sites excluding steroid dienone is 3. The molecule has 1 aliphatic rings. The molecule has 1 aliphatic carbocycles. The van der Waals surface area contributed by atoms with Gasteiger partial charge in [0.25, 0.3) is 0 Å². The predicted molar refractivity (Wildman–Crippen MR) is 255 cm³/mol. The third-order valence-electron chi connectivity index (χ3n) is 11.6. The maximum Gasteiger partial charge on any atom is 0.0540 e. The first-order valence-electron chi connectivity index (χ1n) is 20.8. The lowest BCUT2D eigenvalue weighted by atomic mass is 9.89. The molecule has 0 fully saturated rings. The van der Waals surface area contributed by atoms with Gasteiger partial charge in [-0.25, -0.2) is 0 Å². The van der Waals surface area contributed by atoms with Crippen LogP contribution in [0.5, 0.6) is 0 Å². The summed E-state index contributed by atoms with van der Waals surface area (Å²) in [5, 5.41) is 2.44. The summed E-state index contributed by atoms with van der Waals surface area (Å²) in [4.78, 5) is 4.74. The van der Waals surface area contributed by atoms with Crippen LogP contribution in [-0.4, -0.2) is 0 Å². The molecule has 1 unspecified atom stereocenters. The van der Waals surface area contributed by atoms with E-state index in [0.717, 1.165) is 34.9 Å². The van der Waals surface area contributed by atoms with Crippen molar-refractivity contribution < 1.29 is 0 Å². The fourth-order valence-electron chi connectivity index (χ4n) is 8.50. The van der Waals surface area contributed by atoms with Gasteiger partial charge in [-0.3, -0.25) is 0 Å². The molecule has 9 aromatic rings. The van der Waals surface area contributed by atoms with Crippen LogP contribution in [0.2, 0.25) is 0 Å². The molecule has 0 aromatic heterocycles. The number of rotatable bonds is 10. The van der Waals surface area contributed by atoms with Gasteiger partial charge in [-0.05, 0) is 111 Å². The van der Waals surface area contributed by atoms with Gasteiger partial charge >= 0.3 is 0 Å². The van der Waals surface area contributed by atoms with E-state index in [2.05, 4.69) is 259 Å². The molecule has 0 bridgehead atoms. The van der Waals surface area contributed by atoms with E-state index in [0.29, 0.717) is 5.92 Å². The third kappa shape index (κ3) is 7.55. The molecule has 286 valence electrons. The summed E-state index contributed by atoms with van der Waals surface area (Å²) >= 11 is 0. The van der Waals surface area contributed by atoms with Gasteiger partial charge in [0, 0.05) is 39.8 Å². The van der Waals surface area contributed by atoms with Crippen molar-refractivity contribution >= 4 is 39.2 Å². The standard InChI is InChI=1S/C58H44N2/c1-4-14-43(15-5-1)45-26-34-53(35-27-45)59(55-38-32-48(33-39-55)51-21-12-20-50(42-51)44-16-6-2-7-17-44)54-36-28-46(29-37-54)47-30-40-56(41-31-47)60(52-22-8-3-9-23-52)58-25-13-19-49-18-10-11-24-57(49)58/h1-32,34-42,48H,33H2. The molecule has 0 spiro atoms. The third-order valence-corrected chi connectivity index (χ3v) is 11.6. The molecule has 0 N–H and O–H groups in total. The van der Waals surface area contributed by atoms with Crippen LogP contribution in [0.4, 0.5) is 28.4 Å². The van der Waals surface area contributed by atoms with E-state index >= 15 is 0 Å². The van der Waals surface area contributed by atoms with E-state index < -0.39 is 0 Å². The summed E-state index contributed by atoms with van der Waals surface area (Å²) < 4.78 is 0. The monoisotopic (exact) mass is 768 g/mol. The number of para-hydroxylation sites is 1. The van der Waals surface area contributed by atoms with Crippen molar-refractivity contribution in [3.8, 4) is 33.4 Å². The quantitative estimate of drug-likeness (QED) is 0.137. The SMILES string of the molecule is C1=CC(c2cccc(-c3ccccc3)c2)CC=C1N(c1ccc(-c2ccccc2)cc1)c1ccc(-c2ccc(N(c3ccccc3)c3cccc4ccccc34)cc2)cc1. The zero-order valence-electron chi connectivity index (χ0n) is 33.4. The molecule has 0 saturated heterocycles. The Morgan fingerprint density at radius 3 is 1.38 bits per heavy atom. The largest absolute Gasteiger partial charge is 0.311 e. The highest BCUT2D eigenvalue weighted by Crippen LogP contribution is 2.41. The van der Waals surface area contributed by atoms with E-state index in [1.807, 2.05) is 0 Å². The molecule has 0 radical (unpaired) electrons. The van der Waals surface area contributed by atoms with E-state index in [4.69, 9.17) is 0 Å². The zero-order chi connectivity index (χ0) is 40.1. The van der Waals surface area contributed by atoms with Crippen molar-refractivity contribution in [2.75, 3.05) is 9.80 Å². The number of anilines is 5. The molecular formula is C58H44N2. The molecule has 0 saturated carbocycles. The first kappa shape index (κ1) is 36.6. The van der Waals surface area contributed by atoms with E-state index in [-0.39, 0.29) is 0 Å². The van der Waals surface area contributed by atoms with Gasteiger partial charge in [0.15, 0.2) is 0 Å². The predicted octanol–water partition coefficient (Wildman–Crippen LogP) is 16.1. The topological polar surface area (TPSA) is 6.48 Å². The second-order valence-electron chi connectivity index (χ2n) is 15.3. The fourth-order valence-corrected chi connectivity index (χ4v) is 8.50. The van der Waals surface area contributed by atoms with Crippen LogP contribution in [0.3, 0.4) is 0 Å². The molecule has 60 heavy (non-hydrogen) atoms. The molecule has 0 heterocycles. The molecule has 1 atom stereocenters. The minimum Gasteiger partial charge on any atom is -0.311 e. The Hall–Kier alpha value is -7.68. The lowest BCUT2D eigenvalue weighted by molar-refractivity contribution is 0.840. The molecule has 10 rings (SSSR count). The van der Waals surface area contributed by atoms with Gasteiger partial charge in [0.05, 0.1) is 5.69 Å². The number of fused-ring (bicyclic) bond motifs is 1. The Bertz CT molecular complexity index is 2910. The van der Waals surface area contributed by atoms with Gasteiger partial charge in [-0.1, -0.05) is 188 Å². The van der Waals surface area contributed by atoms with Gasteiger partial charge < -0.3 is 9.80 Å². The minimum absolute atomic E-state index is 0.309. The Morgan fingerprint density at radius 2 is 0.800 bits per heavy atom. The Morgan fingerprint density at radius 1 is 0.350 bits per heavy atom. The maximum atomic E-state index is 2.39. The summed E-state index contributed by atoms with van der Waals surface area (Å²) in [6, 6.07) is 82.9. The van der Waals surface area contributed by atoms with E-state index in [9.17, 15) is 0 Å². The summed E-state index contributed by atoms with van der Waals surface area (Å²) in [5.74, 6) is 0.309. The number of hydrogen-bond acceptors (Lipinski definition) is 2. The summed E-state index contributed by atoms with van der Waals surface area (Å²) in [5.41, 5.74) is 15.4. The normalized spacial score (nSPS) is 13.5. The average molecular weight is 769 g/mol.